The molecule has 11 rings (SSSR count). The van der Waals surface area contributed by atoms with Crippen molar-refractivity contribution in [3.05, 3.63) is 200 Å². The van der Waals surface area contributed by atoms with Crippen molar-refractivity contribution in [2.75, 3.05) is 0 Å². The Kier molecular flexibility index (Phi) is 8.04. The van der Waals surface area contributed by atoms with E-state index in [-0.39, 0.29) is 0 Å². The minimum atomic E-state index is 0.563. The van der Waals surface area contributed by atoms with Crippen LogP contribution in [0.25, 0.3) is 106 Å². The largest absolute Gasteiger partial charge is 0.436 e. The summed E-state index contributed by atoms with van der Waals surface area (Å²) in [6, 6.07) is 68.8. The van der Waals surface area contributed by atoms with Crippen molar-refractivity contribution >= 4 is 32.9 Å². The van der Waals surface area contributed by atoms with Gasteiger partial charge in [-0.2, -0.15) is 9.97 Å². The number of hydrogen-bond donors (Lipinski definition) is 0. The molecule has 272 valence electrons. The van der Waals surface area contributed by atoms with Gasteiger partial charge >= 0.3 is 0 Å². The van der Waals surface area contributed by atoms with Gasteiger partial charge < -0.3 is 4.42 Å². The Morgan fingerprint density at radius 3 is 1.53 bits per heavy atom. The first-order valence-corrected chi connectivity index (χ1v) is 19.3. The summed E-state index contributed by atoms with van der Waals surface area (Å²) >= 11 is 0. The maximum absolute atomic E-state index is 6.22. The van der Waals surface area contributed by atoms with Crippen LogP contribution in [0.15, 0.2) is 205 Å². The molecule has 3 heterocycles. The van der Waals surface area contributed by atoms with Gasteiger partial charge in [0.05, 0.1) is 11.0 Å². The Morgan fingerprint density at radius 1 is 0.345 bits per heavy atom. The number of rotatable bonds is 7. The molecule has 0 fully saturated rings. The van der Waals surface area contributed by atoms with Crippen molar-refractivity contribution in [3.8, 4) is 73.6 Å². The smallest absolute Gasteiger partial charge is 0.238 e. The number of para-hydroxylation sites is 3. The number of hydrogen-bond acceptors (Lipinski definition) is 5. The molecule has 0 aliphatic heterocycles. The zero-order chi connectivity index (χ0) is 38.4. The van der Waals surface area contributed by atoms with Crippen LogP contribution in [0.1, 0.15) is 0 Å². The van der Waals surface area contributed by atoms with Crippen LogP contribution >= 0.6 is 0 Å². The van der Waals surface area contributed by atoms with E-state index in [1.807, 2.05) is 48.5 Å². The molecule has 0 amide bonds. The maximum Gasteiger partial charge on any atom is 0.238 e. The van der Waals surface area contributed by atoms with Crippen LogP contribution in [-0.4, -0.2) is 24.5 Å². The fraction of sp³-hybridized carbons (Fsp3) is 0. The standard InChI is InChI=1S/C52H33N5O/c1-3-14-34(15-4-1)35-28-30-36(31-29-35)49-54-50(56-52(55-49)57-45-25-9-7-22-43(45)44-23-8-10-26-46(44)57)41-21-12-19-39(33-41)38-18-11-20-40(32-38)42-24-13-27-47-48(42)53-51(58-47)37-16-5-2-6-17-37/h1-33H. The van der Waals surface area contributed by atoms with E-state index in [0.29, 0.717) is 23.5 Å². The second-order valence-electron chi connectivity index (χ2n) is 14.3. The van der Waals surface area contributed by atoms with Gasteiger partial charge in [-0.25, -0.2) is 9.97 Å². The monoisotopic (exact) mass is 743 g/mol. The fourth-order valence-corrected chi connectivity index (χ4v) is 7.89. The Morgan fingerprint density at radius 2 is 0.845 bits per heavy atom. The van der Waals surface area contributed by atoms with E-state index in [4.69, 9.17) is 24.4 Å². The number of benzene rings is 8. The fourth-order valence-electron chi connectivity index (χ4n) is 7.89. The van der Waals surface area contributed by atoms with E-state index in [2.05, 4.69) is 156 Å². The summed E-state index contributed by atoms with van der Waals surface area (Å²) in [5.41, 5.74) is 12.9. The van der Waals surface area contributed by atoms with Crippen molar-refractivity contribution in [3.63, 3.8) is 0 Å². The van der Waals surface area contributed by atoms with Crippen LogP contribution in [0.4, 0.5) is 0 Å². The van der Waals surface area contributed by atoms with Crippen molar-refractivity contribution in [1.29, 1.82) is 0 Å². The normalized spacial score (nSPS) is 11.4. The van der Waals surface area contributed by atoms with Crippen molar-refractivity contribution in [1.82, 2.24) is 24.5 Å². The average Bonchev–Trinajstić information content (AvgIpc) is 3.90. The summed E-state index contributed by atoms with van der Waals surface area (Å²) in [6.45, 7) is 0. The summed E-state index contributed by atoms with van der Waals surface area (Å²) in [5.74, 6) is 2.36. The van der Waals surface area contributed by atoms with E-state index in [9.17, 15) is 0 Å². The zero-order valence-electron chi connectivity index (χ0n) is 31.2. The molecule has 3 aromatic heterocycles. The van der Waals surface area contributed by atoms with Gasteiger partial charge in [0, 0.05) is 33.0 Å². The highest BCUT2D eigenvalue weighted by Crippen LogP contribution is 2.36. The third kappa shape index (κ3) is 5.92. The molecule has 6 heteroatoms. The van der Waals surface area contributed by atoms with E-state index in [1.54, 1.807) is 0 Å². The van der Waals surface area contributed by atoms with Gasteiger partial charge in [-0.3, -0.25) is 4.57 Å². The van der Waals surface area contributed by atoms with Crippen LogP contribution in [0, 0.1) is 0 Å². The van der Waals surface area contributed by atoms with E-state index in [0.717, 1.165) is 83.0 Å². The van der Waals surface area contributed by atoms with Crippen molar-refractivity contribution < 1.29 is 4.42 Å². The second-order valence-corrected chi connectivity index (χ2v) is 14.3. The molecular weight excluding hydrogens is 711 g/mol. The van der Waals surface area contributed by atoms with Gasteiger partial charge in [-0.1, -0.05) is 158 Å². The van der Waals surface area contributed by atoms with Gasteiger partial charge in [0.2, 0.25) is 11.8 Å². The van der Waals surface area contributed by atoms with Crippen LogP contribution in [0.5, 0.6) is 0 Å². The highest BCUT2D eigenvalue weighted by Gasteiger charge is 2.19. The Bertz CT molecular complexity index is 3220. The molecule has 0 spiro atoms. The molecule has 0 aliphatic rings. The zero-order valence-corrected chi connectivity index (χ0v) is 31.2. The third-order valence-corrected chi connectivity index (χ3v) is 10.7. The predicted octanol–water partition coefficient (Wildman–Crippen LogP) is 13.1. The maximum atomic E-state index is 6.22. The first-order chi connectivity index (χ1) is 28.7. The molecular formula is C52H33N5O. The third-order valence-electron chi connectivity index (χ3n) is 10.7. The van der Waals surface area contributed by atoms with Gasteiger partial charge in [0.25, 0.3) is 0 Å². The van der Waals surface area contributed by atoms with E-state index < -0.39 is 0 Å². The van der Waals surface area contributed by atoms with Gasteiger partial charge in [-0.15, -0.1) is 0 Å². The molecule has 8 aromatic carbocycles. The lowest BCUT2D eigenvalue weighted by Gasteiger charge is -2.12. The number of aromatic nitrogens is 5. The van der Waals surface area contributed by atoms with Crippen LogP contribution in [0.3, 0.4) is 0 Å². The highest BCUT2D eigenvalue weighted by atomic mass is 16.3. The molecule has 11 aromatic rings. The molecule has 0 aliphatic carbocycles. The lowest BCUT2D eigenvalue weighted by molar-refractivity contribution is 0.620. The summed E-state index contributed by atoms with van der Waals surface area (Å²) in [6.07, 6.45) is 0. The molecule has 0 atom stereocenters. The summed E-state index contributed by atoms with van der Waals surface area (Å²) in [5, 5.41) is 2.29. The quantitative estimate of drug-likeness (QED) is 0.163. The minimum Gasteiger partial charge on any atom is -0.436 e. The second kappa shape index (κ2) is 14.0. The molecule has 0 N–H and O–H groups in total. The average molecular weight is 744 g/mol. The van der Waals surface area contributed by atoms with Crippen LogP contribution in [0.2, 0.25) is 0 Å². The SMILES string of the molecule is c1ccc(-c2ccc(-c3nc(-c4cccc(-c5cccc(-c6cccc7oc(-c8ccccc8)nc67)c5)c4)nc(-n4c5ccccc5c5ccccc54)n3)cc2)cc1. The van der Waals surface area contributed by atoms with Gasteiger partial charge in [-0.05, 0) is 70.3 Å². The van der Waals surface area contributed by atoms with E-state index in [1.165, 1.54) is 0 Å². The highest BCUT2D eigenvalue weighted by molar-refractivity contribution is 6.09. The lowest BCUT2D eigenvalue weighted by atomic mass is 9.97. The summed E-state index contributed by atoms with van der Waals surface area (Å²) in [7, 11) is 0. The van der Waals surface area contributed by atoms with Gasteiger partial charge in [0.15, 0.2) is 17.2 Å². The molecule has 0 unspecified atom stereocenters. The molecule has 6 nitrogen and oxygen atoms in total. The molecule has 0 bridgehead atoms. The molecule has 58 heavy (non-hydrogen) atoms. The van der Waals surface area contributed by atoms with E-state index >= 15 is 0 Å². The molecule has 0 saturated heterocycles. The lowest BCUT2D eigenvalue weighted by Crippen LogP contribution is -2.06. The van der Waals surface area contributed by atoms with Crippen LogP contribution < -0.4 is 0 Å². The van der Waals surface area contributed by atoms with Crippen molar-refractivity contribution in [2.24, 2.45) is 0 Å². The minimum absolute atomic E-state index is 0.563. The predicted molar refractivity (Wildman–Crippen MR) is 234 cm³/mol. The molecule has 0 radical (unpaired) electrons. The number of fused-ring (bicyclic) bond motifs is 4. The Hall–Kier alpha value is -7.96. The summed E-state index contributed by atoms with van der Waals surface area (Å²) < 4.78 is 8.37. The number of nitrogens with zero attached hydrogens (tertiary/aromatic N) is 5. The summed E-state index contributed by atoms with van der Waals surface area (Å²) in [4.78, 5) is 20.5. The Labute approximate surface area is 334 Å². The van der Waals surface area contributed by atoms with Crippen LogP contribution in [-0.2, 0) is 0 Å². The van der Waals surface area contributed by atoms with Crippen molar-refractivity contribution in [2.45, 2.75) is 0 Å². The first kappa shape index (κ1) is 33.4. The Balaban J connectivity index is 1.03. The number of oxazole rings is 1. The molecule has 0 saturated carbocycles. The van der Waals surface area contributed by atoms with Gasteiger partial charge in [0.1, 0.15) is 5.52 Å². The first-order valence-electron chi connectivity index (χ1n) is 19.3. The topological polar surface area (TPSA) is 69.6 Å².